The summed E-state index contributed by atoms with van der Waals surface area (Å²) in [6.07, 6.45) is 7.60. The van der Waals surface area contributed by atoms with Crippen molar-refractivity contribution in [2.24, 2.45) is 0 Å². The molecule has 0 aromatic carbocycles. The summed E-state index contributed by atoms with van der Waals surface area (Å²) in [4.78, 5) is 8.46. The standard InChI is InChI=1S/C11H17N5S/c1-3-4-10-14-11(17-15-10)13-9(2)7-16-6-5-12-8-16/h5-6,8-9H,3-4,7H2,1-2H3,(H,13,14,15). The lowest BCUT2D eigenvalue weighted by Gasteiger charge is -2.12. The Hall–Kier alpha value is -1.43. The number of hydrogen-bond donors (Lipinski definition) is 1. The molecule has 17 heavy (non-hydrogen) atoms. The molecule has 2 heterocycles. The Bertz CT molecular complexity index is 436. The lowest BCUT2D eigenvalue weighted by molar-refractivity contribution is 0.618. The highest BCUT2D eigenvalue weighted by Gasteiger charge is 2.07. The van der Waals surface area contributed by atoms with Crippen LogP contribution in [0.4, 0.5) is 5.13 Å². The van der Waals surface area contributed by atoms with Gasteiger partial charge >= 0.3 is 0 Å². The fourth-order valence-electron chi connectivity index (χ4n) is 1.61. The first-order valence-corrected chi connectivity index (χ1v) is 6.60. The molecule has 2 rings (SSSR count). The third-order valence-electron chi connectivity index (χ3n) is 2.36. The van der Waals surface area contributed by atoms with E-state index in [9.17, 15) is 0 Å². The molecule has 92 valence electrons. The largest absolute Gasteiger partial charge is 0.356 e. The maximum atomic E-state index is 4.44. The van der Waals surface area contributed by atoms with Crippen LogP contribution in [-0.2, 0) is 13.0 Å². The van der Waals surface area contributed by atoms with E-state index in [1.54, 1.807) is 6.20 Å². The van der Waals surface area contributed by atoms with Crippen molar-refractivity contribution in [2.45, 2.75) is 39.3 Å². The van der Waals surface area contributed by atoms with Gasteiger partial charge in [-0.2, -0.15) is 4.37 Å². The van der Waals surface area contributed by atoms with Crippen molar-refractivity contribution in [3.63, 3.8) is 0 Å². The molecule has 0 amide bonds. The summed E-state index contributed by atoms with van der Waals surface area (Å²) in [6, 6.07) is 0.312. The lowest BCUT2D eigenvalue weighted by atomic mass is 10.3. The Morgan fingerprint density at radius 3 is 3.12 bits per heavy atom. The Morgan fingerprint density at radius 1 is 1.53 bits per heavy atom. The van der Waals surface area contributed by atoms with Gasteiger partial charge in [-0.05, 0) is 13.3 Å². The summed E-state index contributed by atoms with van der Waals surface area (Å²) < 4.78 is 6.35. The van der Waals surface area contributed by atoms with Gasteiger partial charge in [0.15, 0.2) is 0 Å². The van der Waals surface area contributed by atoms with Crippen LogP contribution in [0.2, 0.25) is 0 Å². The fourth-order valence-corrected chi connectivity index (χ4v) is 2.33. The highest BCUT2D eigenvalue weighted by Crippen LogP contribution is 2.13. The summed E-state index contributed by atoms with van der Waals surface area (Å²) in [5.41, 5.74) is 0. The molecule has 0 radical (unpaired) electrons. The predicted molar refractivity (Wildman–Crippen MR) is 69.2 cm³/mol. The minimum atomic E-state index is 0.312. The van der Waals surface area contributed by atoms with Gasteiger partial charge in [0.25, 0.3) is 0 Å². The average Bonchev–Trinajstić information content (AvgIpc) is 2.91. The Morgan fingerprint density at radius 2 is 2.41 bits per heavy atom. The molecule has 5 nitrogen and oxygen atoms in total. The zero-order valence-electron chi connectivity index (χ0n) is 10.1. The number of rotatable bonds is 6. The van der Waals surface area contributed by atoms with Crippen LogP contribution in [0.25, 0.3) is 0 Å². The Kier molecular flexibility index (Phi) is 4.08. The molecular formula is C11H17N5S. The van der Waals surface area contributed by atoms with Crippen molar-refractivity contribution < 1.29 is 0 Å². The van der Waals surface area contributed by atoms with Crippen LogP contribution in [0.15, 0.2) is 18.7 Å². The number of imidazole rings is 1. The van der Waals surface area contributed by atoms with Gasteiger partial charge in [0, 0.05) is 42.9 Å². The van der Waals surface area contributed by atoms with Crippen LogP contribution >= 0.6 is 11.5 Å². The molecule has 2 aromatic rings. The van der Waals surface area contributed by atoms with Gasteiger partial charge in [0.2, 0.25) is 5.13 Å². The summed E-state index contributed by atoms with van der Waals surface area (Å²) >= 11 is 1.43. The zero-order chi connectivity index (χ0) is 12.1. The molecule has 6 heteroatoms. The number of aryl methyl sites for hydroxylation is 1. The smallest absolute Gasteiger partial charge is 0.202 e. The van der Waals surface area contributed by atoms with E-state index >= 15 is 0 Å². The molecule has 1 N–H and O–H groups in total. The topological polar surface area (TPSA) is 55.6 Å². The van der Waals surface area contributed by atoms with E-state index < -0.39 is 0 Å². The normalized spacial score (nSPS) is 12.6. The molecule has 0 saturated carbocycles. The quantitative estimate of drug-likeness (QED) is 0.855. The highest BCUT2D eigenvalue weighted by molar-refractivity contribution is 7.09. The summed E-state index contributed by atoms with van der Waals surface area (Å²) in [7, 11) is 0. The third kappa shape index (κ3) is 3.52. The van der Waals surface area contributed by atoms with Crippen LogP contribution in [-0.4, -0.2) is 25.0 Å². The van der Waals surface area contributed by atoms with Gasteiger partial charge < -0.3 is 9.88 Å². The van der Waals surface area contributed by atoms with Crippen LogP contribution in [0.3, 0.4) is 0 Å². The van der Waals surface area contributed by atoms with E-state index in [4.69, 9.17) is 0 Å². The minimum absolute atomic E-state index is 0.312. The molecule has 0 saturated heterocycles. The first-order chi connectivity index (χ1) is 8.28. The molecule has 0 bridgehead atoms. The van der Waals surface area contributed by atoms with Crippen molar-refractivity contribution in [2.75, 3.05) is 5.32 Å². The highest BCUT2D eigenvalue weighted by atomic mass is 32.1. The molecule has 2 aromatic heterocycles. The van der Waals surface area contributed by atoms with Gasteiger partial charge in [0.1, 0.15) is 5.82 Å². The summed E-state index contributed by atoms with van der Waals surface area (Å²) in [5, 5.41) is 4.26. The Labute approximate surface area is 105 Å². The van der Waals surface area contributed by atoms with Crippen molar-refractivity contribution in [3.8, 4) is 0 Å². The molecule has 0 spiro atoms. The van der Waals surface area contributed by atoms with Gasteiger partial charge in [-0.1, -0.05) is 6.92 Å². The molecule has 1 unspecified atom stereocenters. The van der Waals surface area contributed by atoms with Crippen molar-refractivity contribution in [1.29, 1.82) is 0 Å². The van der Waals surface area contributed by atoms with Crippen molar-refractivity contribution in [3.05, 3.63) is 24.5 Å². The molecule has 0 aliphatic carbocycles. The monoisotopic (exact) mass is 251 g/mol. The van der Waals surface area contributed by atoms with E-state index in [2.05, 4.69) is 33.5 Å². The van der Waals surface area contributed by atoms with Gasteiger partial charge in [-0.3, -0.25) is 0 Å². The van der Waals surface area contributed by atoms with Crippen LogP contribution < -0.4 is 5.32 Å². The zero-order valence-corrected chi connectivity index (χ0v) is 10.9. The van der Waals surface area contributed by atoms with Crippen LogP contribution in [0, 0.1) is 0 Å². The first kappa shape index (κ1) is 12.0. The van der Waals surface area contributed by atoms with E-state index in [1.165, 1.54) is 11.5 Å². The van der Waals surface area contributed by atoms with E-state index in [1.807, 2.05) is 17.1 Å². The van der Waals surface area contributed by atoms with Gasteiger partial charge in [-0.25, -0.2) is 9.97 Å². The van der Waals surface area contributed by atoms with E-state index in [-0.39, 0.29) is 0 Å². The van der Waals surface area contributed by atoms with Crippen molar-refractivity contribution in [1.82, 2.24) is 18.9 Å². The van der Waals surface area contributed by atoms with Gasteiger partial charge in [0.05, 0.1) is 6.33 Å². The lowest BCUT2D eigenvalue weighted by Crippen LogP contribution is -2.21. The number of aromatic nitrogens is 4. The minimum Gasteiger partial charge on any atom is -0.356 e. The molecule has 0 fully saturated rings. The molecular weight excluding hydrogens is 234 g/mol. The second kappa shape index (κ2) is 5.77. The second-order valence-electron chi connectivity index (χ2n) is 4.07. The second-order valence-corrected chi connectivity index (χ2v) is 4.82. The predicted octanol–water partition coefficient (Wildman–Crippen LogP) is 2.19. The van der Waals surface area contributed by atoms with Crippen LogP contribution in [0.5, 0.6) is 0 Å². The number of nitrogens with zero attached hydrogens (tertiary/aromatic N) is 4. The summed E-state index contributed by atoms with van der Waals surface area (Å²) in [6.45, 7) is 5.14. The van der Waals surface area contributed by atoms with Crippen LogP contribution in [0.1, 0.15) is 26.1 Å². The van der Waals surface area contributed by atoms with Crippen molar-refractivity contribution >= 4 is 16.7 Å². The Balaban J connectivity index is 1.86. The SMILES string of the molecule is CCCc1nsc(NC(C)Cn2ccnc2)n1. The number of nitrogens with one attached hydrogen (secondary N) is 1. The molecule has 1 atom stereocenters. The van der Waals surface area contributed by atoms with Gasteiger partial charge in [-0.15, -0.1) is 0 Å². The number of anilines is 1. The fraction of sp³-hybridized carbons (Fsp3) is 0.545. The van der Waals surface area contributed by atoms with E-state index in [0.717, 1.165) is 30.3 Å². The molecule has 0 aliphatic rings. The maximum absolute atomic E-state index is 4.44. The third-order valence-corrected chi connectivity index (χ3v) is 3.04. The molecule has 0 aliphatic heterocycles. The number of hydrogen-bond acceptors (Lipinski definition) is 5. The maximum Gasteiger partial charge on any atom is 0.202 e. The summed E-state index contributed by atoms with van der Waals surface area (Å²) in [5.74, 6) is 0.940. The average molecular weight is 251 g/mol. The first-order valence-electron chi connectivity index (χ1n) is 5.82. The van der Waals surface area contributed by atoms with E-state index in [0.29, 0.717) is 6.04 Å².